The van der Waals surface area contributed by atoms with Crippen LogP contribution in [-0.4, -0.2) is 29.4 Å². The third kappa shape index (κ3) is 10.4. The fourth-order valence-corrected chi connectivity index (χ4v) is 1.57. The van der Waals surface area contributed by atoms with E-state index < -0.39 is 5.97 Å². The Morgan fingerprint density at radius 1 is 0.958 bits per heavy atom. The fraction of sp³-hybridized carbons (Fsp3) is 0.500. The molecule has 24 heavy (non-hydrogen) atoms. The minimum atomic E-state index is -1.11. The maximum Gasteiger partial charge on any atom is 0.337 e. The van der Waals surface area contributed by atoms with E-state index in [1.807, 2.05) is 34.6 Å². The predicted molar refractivity (Wildman–Crippen MR) is 97.3 cm³/mol. The number of anilines is 1. The van der Waals surface area contributed by atoms with E-state index in [2.05, 4.69) is 10.6 Å². The second-order valence-corrected chi connectivity index (χ2v) is 4.25. The smallest absolute Gasteiger partial charge is 0.337 e. The van der Waals surface area contributed by atoms with E-state index in [9.17, 15) is 14.4 Å². The third-order valence-corrected chi connectivity index (χ3v) is 2.58. The van der Waals surface area contributed by atoms with Gasteiger partial charge in [-0.15, -0.1) is 0 Å². The number of amides is 2. The summed E-state index contributed by atoms with van der Waals surface area (Å²) in [6, 6.07) is 6.14. The van der Waals surface area contributed by atoms with E-state index in [0.29, 0.717) is 6.54 Å². The van der Waals surface area contributed by atoms with Gasteiger partial charge in [-0.1, -0.05) is 46.8 Å². The molecule has 6 heteroatoms. The van der Waals surface area contributed by atoms with Crippen LogP contribution in [0.25, 0.3) is 0 Å². The number of para-hydroxylation sites is 1. The predicted octanol–water partition coefficient (Wildman–Crippen LogP) is 3.68. The molecule has 0 spiro atoms. The Balaban J connectivity index is 0. The number of aromatic carboxylic acids is 1. The molecule has 0 aliphatic rings. The second kappa shape index (κ2) is 15.5. The van der Waals surface area contributed by atoms with Crippen LogP contribution in [0, 0.1) is 0 Å². The summed E-state index contributed by atoms with van der Waals surface area (Å²) in [5, 5.41) is 14.2. The SMILES string of the molecule is CC.CC.CCCNC(=O)CCC(=O)Nc1ccccc1C(=O)O. The Morgan fingerprint density at radius 2 is 1.50 bits per heavy atom. The maximum atomic E-state index is 11.7. The number of benzene rings is 1. The lowest BCUT2D eigenvalue weighted by Gasteiger charge is -2.08. The summed E-state index contributed by atoms with van der Waals surface area (Å²) in [5.41, 5.74) is 0.259. The van der Waals surface area contributed by atoms with Gasteiger partial charge in [0.25, 0.3) is 0 Å². The molecular formula is C18H30N2O4. The lowest BCUT2D eigenvalue weighted by Crippen LogP contribution is -2.25. The van der Waals surface area contributed by atoms with Crippen molar-refractivity contribution in [2.75, 3.05) is 11.9 Å². The Labute approximate surface area is 144 Å². The van der Waals surface area contributed by atoms with E-state index in [1.54, 1.807) is 12.1 Å². The maximum absolute atomic E-state index is 11.7. The molecule has 6 nitrogen and oxygen atoms in total. The van der Waals surface area contributed by atoms with Gasteiger partial charge in [0.2, 0.25) is 11.8 Å². The second-order valence-electron chi connectivity index (χ2n) is 4.25. The molecule has 1 aromatic carbocycles. The van der Waals surface area contributed by atoms with Gasteiger partial charge in [0.05, 0.1) is 11.3 Å². The molecule has 0 aromatic heterocycles. The van der Waals surface area contributed by atoms with Crippen LogP contribution < -0.4 is 10.6 Å². The van der Waals surface area contributed by atoms with Gasteiger partial charge in [-0.25, -0.2) is 4.79 Å². The molecule has 0 bridgehead atoms. The minimum absolute atomic E-state index is 0.0174. The average Bonchev–Trinajstić information content (AvgIpc) is 2.62. The molecule has 2 amide bonds. The van der Waals surface area contributed by atoms with Crippen molar-refractivity contribution in [3.63, 3.8) is 0 Å². The Kier molecular flexibility index (Phi) is 15.5. The molecule has 0 radical (unpaired) electrons. The molecular weight excluding hydrogens is 308 g/mol. The summed E-state index contributed by atoms with van der Waals surface area (Å²) in [6.07, 6.45) is 0.939. The lowest BCUT2D eigenvalue weighted by atomic mass is 10.1. The zero-order valence-corrected chi connectivity index (χ0v) is 15.3. The number of carboxylic acid groups (broad SMARTS) is 1. The van der Waals surface area contributed by atoms with Crippen LogP contribution in [0.5, 0.6) is 0 Å². The minimum Gasteiger partial charge on any atom is -0.478 e. The topological polar surface area (TPSA) is 95.5 Å². The first kappa shape index (κ1) is 23.9. The molecule has 0 fully saturated rings. The summed E-state index contributed by atoms with van der Waals surface area (Å²) in [6.45, 7) is 10.5. The number of carboxylic acids is 1. The van der Waals surface area contributed by atoms with Gasteiger partial charge in [-0.05, 0) is 18.6 Å². The Hall–Kier alpha value is -2.37. The van der Waals surface area contributed by atoms with Crippen LogP contribution in [0.3, 0.4) is 0 Å². The number of carbonyl (C=O) groups is 3. The van der Waals surface area contributed by atoms with Crippen molar-refractivity contribution in [3.8, 4) is 0 Å². The zero-order valence-electron chi connectivity index (χ0n) is 15.3. The number of carbonyl (C=O) groups excluding carboxylic acids is 2. The van der Waals surface area contributed by atoms with Gasteiger partial charge >= 0.3 is 5.97 Å². The van der Waals surface area contributed by atoms with Gasteiger partial charge in [0.15, 0.2) is 0 Å². The van der Waals surface area contributed by atoms with E-state index in [-0.39, 0.29) is 35.9 Å². The van der Waals surface area contributed by atoms with Gasteiger partial charge in [-0.2, -0.15) is 0 Å². The summed E-state index contributed by atoms with van der Waals surface area (Å²) >= 11 is 0. The zero-order chi connectivity index (χ0) is 19.0. The van der Waals surface area contributed by atoms with Crippen LogP contribution in [0.2, 0.25) is 0 Å². The lowest BCUT2D eigenvalue weighted by molar-refractivity contribution is -0.124. The molecule has 0 saturated heterocycles. The van der Waals surface area contributed by atoms with E-state index in [4.69, 9.17) is 5.11 Å². The van der Waals surface area contributed by atoms with Crippen molar-refractivity contribution in [1.82, 2.24) is 5.32 Å². The highest BCUT2D eigenvalue weighted by atomic mass is 16.4. The van der Waals surface area contributed by atoms with Crippen molar-refractivity contribution >= 4 is 23.5 Å². The van der Waals surface area contributed by atoms with Crippen LogP contribution in [0.15, 0.2) is 24.3 Å². The molecule has 1 rings (SSSR count). The van der Waals surface area contributed by atoms with Crippen LogP contribution >= 0.6 is 0 Å². The molecule has 0 aliphatic heterocycles. The molecule has 136 valence electrons. The van der Waals surface area contributed by atoms with Crippen molar-refractivity contribution < 1.29 is 19.5 Å². The van der Waals surface area contributed by atoms with E-state index in [0.717, 1.165) is 6.42 Å². The standard InChI is InChI=1S/C14H18N2O4.2C2H6/c1-2-9-15-12(17)7-8-13(18)16-11-6-4-3-5-10(11)14(19)20;2*1-2/h3-6H,2,7-9H2,1H3,(H,15,17)(H,16,18)(H,19,20);2*1-2H3. The third-order valence-electron chi connectivity index (χ3n) is 2.58. The van der Waals surface area contributed by atoms with Gasteiger partial charge in [0, 0.05) is 19.4 Å². The number of nitrogens with one attached hydrogen (secondary N) is 2. The molecule has 1 aromatic rings. The first-order chi connectivity index (χ1) is 11.5. The van der Waals surface area contributed by atoms with Crippen molar-refractivity contribution in [2.45, 2.75) is 53.9 Å². The first-order valence-corrected chi connectivity index (χ1v) is 8.43. The first-order valence-electron chi connectivity index (χ1n) is 8.43. The highest BCUT2D eigenvalue weighted by Crippen LogP contribution is 2.15. The molecule has 0 aliphatic carbocycles. The summed E-state index contributed by atoms with van der Waals surface area (Å²) in [5.74, 6) is -1.68. The van der Waals surface area contributed by atoms with Gasteiger partial charge in [-0.3, -0.25) is 9.59 Å². The highest BCUT2D eigenvalue weighted by molar-refractivity contribution is 6.01. The van der Waals surface area contributed by atoms with Crippen molar-refractivity contribution in [1.29, 1.82) is 0 Å². The molecule has 0 unspecified atom stereocenters. The van der Waals surface area contributed by atoms with E-state index in [1.165, 1.54) is 12.1 Å². The largest absolute Gasteiger partial charge is 0.478 e. The van der Waals surface area contributed by atoms with Gasteiger partial charge < -0.3 is 15.7 Å². The Morgan fingerprint density at radius 3 is 2.04 bits per heavy atom. The van der Waals surface area contributed by atoms with Crippen molar-refractivity contribution in [3.05, 3.63) is 29.8 Å². The van der Waals surface area contributed by atoms with E-state index >= 15 is 0 Å². The highest BCUT2D eigenvalue weighted by Gasteiger charge is 2.12. The molecule has 0 saturated carbocycles. The fourth-order valence-electron chi connectivity index (χ4n) is 1.57. The normalized spacial score (nSPS) is 8.71. The summed E-state index contributed by atoms with van der Waals surface area (Å²) in [7, 11) is 0. The Bertz CT molecular complexity index is 502. The van der Waals surface area contributed by atoms with Gasteiger partial charge in [0.1, 0.15) is 0 Å². The number of hydrogen-bond acceptors (Lipinski definition) is 3. The number of hydrogen-bond donors (Lipinski definition) is 3. The van der Waals surface area contributed by atoms with Crippen LogP contribution in [-0.2, 0) is 9.59 Å². The average molecular weight is 338 g/mol. The summed E-state index contributed by atoms with van der Waals surface area (Å²) in [4.78, 5) is 34.0. The molecule has 0 heterocycles. The van der Waals surface area contributed by atoms with Crippen LogP contribution in [0.4, 0.5) is 5.69 Å². The summed E-state index contributed by atoms with van der Waals surface area (Å²) < 4.78 is 0. The number of rotatable bonds is 7. The quantitative estimate of drug-likeness (QED) is 0.706. The van der Waals surface area contributed by atoms with Crippen molar-refractivity contribution in [2.24, 2.45) is 0 Å². The molecule has 0 atom stereocenters. The molecule has 3 N–H and O–H groups in total. The van der Waals surface area contributed by atoms with Crippen LogP contribution in [0.1, 0.15) is 64.2 Å². The monoisotopic (exact) mass is 338 g/mol.